The van der Waals surface area contributed by atoms with Crippen molar-refractivity contribution in [1.29, 1.82) is 0 Å². The zero-order valence-electron chi connectivity index (χ0n) is 13.1. The van der Waals surface area contributed by atoms with Crippen LogP contribution in [0.3, 0.4) is 0 Å². The van der Waals surface area contributed by atoms with Crippen LogP contribution in [0.5, 0.6) is 0 Å². The lowest BCUT2D eigenvalue weighted by atomic mass is 9.88. The van der Waals surface area contributed by atoms with E-state index in [9.17, 15) is 4.79 Å². The summed E-state index contributed by atoms with van der Waals surface area (Å²) in [6, 6.07) is 17.5. The summed E-state index contributed by atoms with van der Waals surface area (Å²) in [5.74, 6) is 0. The van der Waals surface area contributed by atoms with Gasteiger partial charge in [0.25, 0.3) is 0 Å². The molecule has 1 atom stereocenters. The zero-order valence-corrected chi connectivity index (χ0v) is 13.1. The predicted molar refractivity (Wildman–Crippen MR) is 91.6 cm³/mol. The fourth-order valence-electron chi connectivity index (χ4n) is 3.09. The Morgan fingerprint density at radius 2 is 1.87 bits per heavy atom. The number of hydrogen-bond donors (Lipinski definition) is 2. The average molecular weight is 310 g/mol. The van der Waals surface area contributed by atoms with Gasteiger partial charge in [-0.3, -0.25) is 0 Å². The predicted octanol–water partition coefficient (Wildman–Crippen LogP) is 3.29. The first kappa shape index (κ1) is 15.4. The number of nitrogens with two attached hydrogens (primary N) is 1. The van der Waals surface area contributed by atoms with Crippen molar-refractivity contribution in [2.24, 2.45) is 5.73 Å². The second-order valence-electron chi connectivity index (χ2n) is 5.97. The summed E-state index contributed by atoms with van der Waals surface area (Å²) in [6.45, 7) is 0.321. The molecule has 23 heavy (non-hydrogen) atoms. The molecular weight excluding hydrogens is 288 g/mol. The van der Waals surface area contributed by atoms with Crippen LogP contribution in [0.25, 0.3) is 0 Å². The Morgan fingerprint density at radius 3 is 2.61 bits per heavy atom. The van der Waals surface area contributed by atoms with Crippen molar-refractivity contribution in [3.8, 4) is 0 Å². The van der Waals surface area contributed by atoms with Crippen molar-refractivity contribution in [3.05, 3.63) is 65.2 Å². The molecule has 0 aromatic heterocycles. The van der Waals surface area contributed by atoms with Crippen molar-refractivity contribution >= 4 is 11.8 Å². The van der Waals surface area contributed by atoms with Crippen LogP contribution in [0.2, 0.25) is 0 Å². The molecule has 0 aliphatic heterocycles. The molecule has 0 spiro atoms. The van der Waals surface area contributed by atoms with Gasteiger partial charge in [0.05, 0.1) is 6.61 Å². The number of primary amides is 1. The first-order valence-electron chi connectivity index (χ1n) is 8.05. The smallest absolute Gasteiger partial charge is 0.404 e. The van der Waals surface area contributed by atoms with E-state index in [0.29, 0.717) is 19.1 Å². The van der Waals surface area contributed by atoms with Gasteiger partial charge in [-0.15, -0.1) is 0 Å². The molecule has 1 unspecified atom stereocenters. The van der Waals surface area contributed by atoms with Crippen molar-refractivity contribution in [2.45, 2.75) is 31.7 Å². The molecule has 1 amide bonds. The number of aryl methyl sites for hydroxylation is 1. The maximum atomic E-state index is 10.5. The number of carbonyl (C=O) groups excluding carboxylic acids is 1. The maximum absolute atomic E-state index is 10.5. The molecule has 0 saturated heterocycles. The monoisotopic (exact) mass is 310 g/mol. The molecule has 2 aromatic carbocycles. The average Bonchev–Trinajstić information content (AvgIpc) is 2.56. The largest absolute Gasteiger partial charge is 0.449 e. The Labute approximate surface area is 136 Å². The molecule has 3 rings (SSSR count). The molecule has 2 aromatic rings. The number of benzene rings is 2. The minimum Gasteiger partial charge on any atom is -0.449 e. The van der Waals surface area contributed by atoms with Gasteiger partial charge in [0.1, 0.15) is 0 Å². The summed E-state index contributed by atoms with van der Waals surface area (Å²) in [5.41, 5.74) is 10.1. The van der Waals surface area contributed by atoms with Gasteiger partial charge in [0.2, 0.25) is 0 Å². The van der Waals surface area contributed by atoms with E-state index in [1.54, 1.807) is 0 Å². The van der Waals surface area contributed by atoms with E-state index in [4.69, 9.17) is 10.5 Å². The second-order valence-corrected chi connectivity index (χ2v) is 5.97. The lowest BCUT2D eigenvalue weighted by molar-refractivity contribution is 0.158. The Morgan fingerprint density at radius 1 is 1.13 bits per heavy atom. The van der Waals surface area contributed by atoms with Crippen molar-refractivity contribution in [2.75, 3.05) is 11.9 Å². The van der Waals surface area contributed by atoms with Gasteiger partial charge in [-0.2, -0.15) is 0 Å². The van der Waals surface area contributed by atoms with Gasteiger partial charge < -0.3 is 15.8 Å². The van der Waals surface area contributed by atoms with E-state index in [0.717, 1.165) is 30.5 Å². The molecule has 0 saturated carbocycles. The molecule has 0 radical (unpaired) electrons. The number of fused-ring (bicyclic) bond motifs is 1. The number of nitrogens with one attached hydrogen (secondary N) is 1. The van der Waals surface area contributed by atoms with E-state index < -0.39 is 6.09 Å². The normalized spacial score (nSPS) is 16.4. The summed E-state index contributed by atoms with van der Waals surface area (Å²) >= 11 is 0. The van der Waals surface area contributed by atoms with Crippen LogP contribution in [0.15, 0.2) is 48.5 Å². The van der Waals surface area contributed by atoms with Crippen LogP contribution in [-0.2, 0) is 24.0 Å². The van der Waals surface area contributed by atoms with Gasteiger partial charge in [-0.1, -0.05) is 36.4 Å². The fraction of sp³-hybridized carbons (Fsp3) is 0.316. The standard InChI is InChI=1S/C19H22N2O2/c20-19(22)23-12-11-14-5-8-17(9-6-14)21-18-10-7-15-3-1-2-4-16(15)13-18/h1-6,8-9,18,21H,7,10-13H2,(H2,20,22). The first-order valence-corrected chi connectivity index (χ1v) is 8.05. The van der Waals surface area contributed by atoms with Crippen LogP contribution in [0.4, 0.5) is 10.5 Å². The number of amides is 1. The molecule has 3 N–H and O–H groups in total. The molecule has 0 bridgehead atoms. The zero-order chi connectivity index (χ0) is 16.1. The minimum absolute atomic E-state index is 0.321. The molecule has 120 valence electrons. The Balaban J connectivity index is 1.54. The maximum Gasteiger partial charge on any atom is 0.404 e. The first-order chi connectivity index (χ1) is 11.2. The van der Waals surface area contributed by atoms with E-state index >= 15 is 0 Å². The third-order valence-electron chi connectivity index (χ3n) is 4.31. The van der Waals surface area contributed by atoms with Crippen LogP contribution >= 0.6 is 0 Å². The summed E-state index contributed by atoms with van der Waals surface area (Å²) in [4.78, 5) is 10.5. The number of hydrogen-bond acceptors (Lipinski definition) is 3. The Hall–Kier alpha value is -2.49. The van der Waals surface area contributed by atoms with Crippen LogP contribution in [-0.4, -0.2) is 18.7 Å². The molecule has 0 fully saturated rings. The lowest BCUT2D eigenvalue weighted by Crippen LogP contribution is -2.27. The van der Waals surface area contributed by atoms with E-state index in [1.165, 1.54) is 11.1 Å². The molecule has 1 aliphatic rings. The van der Waals surface area contributed by atoms with Gasteiger partial charge in [-0.05, 0) is 48.1 Å². The molecular formula is C19H22N2O2. The second kappa shape index (κ2) is 7.18. The summed E-state index contributed by atoms with van der Waals surface area (Å²) in [5, 5.41) is 3.62. The highest BCUT2D eigenvalue weighted by atomic mass is 16.5. The molecule has 0 heterocycles. The highest BCUT2D eigenvalue weighted by Crippen LogP contribution is 2.23. The number of rotatable bonds is 5. The van der Waals surface area contributed by atoms with E-state index in [-0.39, 0.29) is 0 Å². The highest BCUT2D eigenvalue weighted by Gasteiger charge is 2.17. The fourth-order valence-corrected chi connectivity index (χ4v) is 3.09. The number of carbonyl (C=O) groups is 1. The Kier molecular flexibility index (Phi) is 4.81. The SMILES string of the molecule is NC(=O)OCCc1ccc(NC2CCc3ccccc3C2)cc1. The lowest BCUT2D eigenvalue weighted by Gasteiger charge is -2.26. The van der Waals surface area contributed by atoms with Crippen LogP contribution in [0, 0.1) is 0 Å². The van der Waals surface area contributed by atoms with Gasteiger partial charge in [-0.25, -0.2) is 4.79 Å². The van der Waals surface area contributed by atoms with Crippen molar-refractivity contribution in [1.82, 2.24) is 0 Å². The summed E-state index contributed by atoms with van der Waals surface area (Å²) in [6.07, 6.45) is 3.33. The molecule has 4 heteroatoms. The highest BCUT2D eigenvalue weighted by molar-refractivity contribution is 5.64. The van der Waals surface area contributed by atoms with E-state index in [1.807, 2.05) is 0 Å². The van der Waals surface area contributed by atoms with Crippen LogP contribution in [0.1, 0.15) is 23.1 Å². The minimum atomic E-state index is -0.721. The van der Waals surface area contributed by atoms with Crippen molar-refractivity contribution in [3.63, 3.8) is 0 Å². The van der Waals surface area contributed by atoms with E-state index in [2.05, 4.69) is 53.8 Å². The quantitative estimate of drug-likeness (QED) is 0.890. The van der Waals surface area contributed by atoms with Crippen molar-refractivity contribution < 1.29 is 9.53 Å². The van der Waals surface area contributed by atoms with Gasteiger partial charge in [0.15, 0.2) is 0 Å². The van der Waals surface area contributed by atoms with Crippen LogP contribution < -0.4 is 11.1 Å². The van der Waals surface area contributed by atoms with Gasteiger partial charge >= 0.3 is 6.09 Å². The molecule has 1 aliphatic carbocycles. The Bertz CT molecular complexity index is 667. The third-order valence-corrected chi connectivity index (χ3v) is 4.31. The summed E-state index contributed by atoms with van der Waals surface area (Å²) in [7, 11) is 0. The topological polar surface area (TPSA) is 64.4 Å². The third kappa shape index (κ3) is 4.25. The number of anilines is 1. The van der Waals surface area contributed by atoms with Gasteiger partial charge in [0, 0.05) is 18.2 Å². The molecule has 4 nitrogen and oxygen atoms in total. The summed E-state index contributed by atoms with van der Waals surface area (Å²) < 4.78 is 4.75. The number of ether oxygens (including phenoxy) is 1.